The second-order valence-corrected chi connectivity index (χ2v) is 5.71. The van der Waals surface area contributed by atoms with Gasteiger partial charge in [-0.1, -0.05) is 30.3 Å². The fourth-order valence-corrected chi connectivity index (χ4v) is 2.47. The summed E-state index contributed by atoms with van der Waals surface area (Å²) in [6.07, 6.45) is 1.82. The van der Waals surface area contributed by atoms with Crippen molar-refractivity contribution in [3.8, 4) is 0 Å². The van der Waals surface area contributed by atoms with Crippen LogP contribution in [-0.2, 0) is 10.0 Å². The molecule has 1 aliphatic heterocycles. The fourth-order valence-electron chi connectivity index (χ4n) is 2.47. The molecule has 18 heavy (non-hydrogen) atoms. The number of hydrogen-bond donors (Lipinski definition) is 0. The van der Waals surface area contributed by atoms with Crippen molar-refractivity contribution in [3.05, 3.63) is 41.5 Å². The molecule has 1 aromatic rings. The highest BCUT2D eigenvalue weighted by Gasteiger charge is 2.55. The number of rotatable bonds is 1. The number of carbonyl (C=O) groups is 1. The lowest BCUT2D eigenvalue weighted by Gasteiger charge is -2.29. The average molecular weight is 244 g/mol. The van der Waals surface area contributed by atoms with E-state index in [9.17, 15) is 10.0 Å². The summed E-state index contributed by atoms with van der Waals surface area (Å²) >= 11 is 0. The molecule has 1 saturated heterocycles. The van der Waals surface area contributed by atoms with E-state index >= 15 is 0 Å². The Kier molecular flexibility index (Phi) is 2.92. The summed E-state index contributed by atoms with van der Waals surface area (Å²) in [7, 11) is 0. The van der Waals surface area contributed by atoms with Crippen LogP contribution in [0.15, 0.2) is 35.9 Å². The van der Waals surface area contributed by atoms with Gasteiger partial charge in [0.25, 0.3) is 0 Å². The van der Waals surface area contributed by atoms with Crippen LogP contribution in [-0.4, -0.2) is 21.9 Å². The fraction of sp³-hybridized carbons (Fsp3) is 0.400. The lowest BCUT2D eigenvalue weighted by atomic mass is 9.91. The lowest BCUT2D eigenvalue weighted by molar-refractivity contribution is -0.237. The Bertz CT molecular complexity index is 500. The minimum absolute atomic E-state index is 0.0913. The molecule has 1 heterocycles. The largest absolute Gasteiger partial charge is 0.292 e. The molecular weight excluding hydrogens is 226 g/mol. The maximum atomic E-state index is 12.3. The van der Waals surface area contributed by atoms with E-state index in [1.807, 2.05) is 36.4 Å². The van der Waals surface area contributed by atoms with Crippen LogP contribution in [0, 0.1) is 0 Å². The van der Waals surface area contributed by atoms with Gasteiger partial charge in [-0.2, -0.15) is 0 Å². The summed E-state index contributed by atoms with van der Waals surface area (Å²) in [4.78, 5) is 12.3. The number of nitrogens with zero attached hydrogens (tertiary/aromatic N) is 1. The highest BCUT2D eigenvalue weighted by molar-refractivity contribution is 6.09. The second-order valence-electron chi connectivity index (χ2n) is 5.71. The molecule has 1 fully saturated rings. The van der Waals surface area contributed by atoms with E-state index in [-0.39, 0.29) is 5.78 Å². The van der Waals surface area contributed by atoms with E-state index in [2.05, 4.69) is 0 Å². The van der Waals surface area contributed by atoms with Gasteiger partial charge in [0.15, 0.2) is 5.78 Å². The number of benzene rings is 1. The summed E-state index contributed by atoms with van der Waals surface area (Å²) in [5.74, 6) is -0.0913. The number of hydroxylamine groups is 2. The van der Waals surface area contributed by atoms with Gasteiger partial charge < -0.3 is 0 Å². The van der Waals surface area contributed by atoms with Crippen molar-refractivity contribution in [1.82, 2.24) is 5.06 Å². The van der Waals surface area contributed by atoms with Crippen LogP contribution < -0.4 is 0 Å². The Morgan fingerprint density at radius 1 is 1.00 bits per heavy atom. The maximum Gasteiger partial charge on any atom is 0.182 e. The smallest absolute Gasteiger partial charge is 0.182 e. The summed E-state index contributed by atoms with van der Waals surface area (Å²) in [5, 5.41) is 13.1. The molecule has 3 heteroatoms. The van der Waals surface area contributed by atoms with Crippen molar-refractivity contribution in [3.63, 3.8) is 0 Å². The van der Waals surface area contributed by atoms with E-state index < -0.39 is 11.1 Å². The highest BCUT2D eigenvalue weighted by atomic mass is 16.5. The van der Waals surface area contributed by atoms with E-state index in [0.717, 1.165) is 10.6 Å². The summed E-state index contributed by atoms with van der Waals surface area (Å²) in [6.45, 7) is 6.94. The first kappa shape index (κ1) is 13.0. The number of carbonyl (C=O) groups excluding carboxylic acids is 1. The van der Waals surface area contributed by atoms with Crippen molar-refractivity contribution in [2.24, 2.45) is 0 Å². The first-order valence-corrected chi connectivity index (χ1v) is 6.07. The van der Waals surface area contributed by atoms with Crippen molar-refractivity contribution < 1.29 is 10.0 Å². The van der Waals surface area contributed by atoms with Crippen LogP contribution >= 0.6 is 0 Å². The van der Waals surface area contributed by atoms with Crippen LogP contribution in [0.4, 0.5) is 0 Å². The zero-order chi connectivity index (χ0) is 13.6. The molecule has 0 atom stereocenters. The van der Waals surface area contributed by atoms with E-state index in [0.29, 0.717) is 5.57 Å². The topological polar surface area (TPSA) is 40.2 Å². The maximum absolute atomic E-state index is 12.3. The van der Waals surface area contributed by atoms with Crippen LogP contribution in [0.5, 0.6) is 0 Å². The van der Waals surface area contributed by atoms with Gasteiger partial charge in [-0.3, -0.25) is 4.79 Å². The third-order valence-electron chi connectivity index (χ3n) is 3.59. The van der Waals surface area contributed by atoms with E-state index in [1.165, 1.54) is 0 Å². The molecule has 1 radical (unpaired) electrons. The quantitative estimate of drug-likeness (QED) is 0.713. The molecule has 0 N–H and O–H groups in total. The molecule has 95 valence electrons. The van der Waals surface area contributed by atoms with Crippen molar-refractivity contribution >= 4 is 11.9 Å². The van der Waals surface area contributed by atoms with Crippen molar-refractivity contribution in [1.29, 1.82) is 0 Å². The van der Waals surface area contributed by atoms with Gasteiger partial charge >= 0.3 is 0 Å². The van der Waals surface area contributed by atoms with Crippen LogP contribution in [0.2, 0.25) is 0 Å². The monoisotopic (exact) mass is 244 g/mol. The molecular formula is C15H18NO2. The van der Waals surface area contributed by atoms with Crippen molar-refractivity contribution in [2.75, 3.05) is 0 Å². The lowest BCUT2D eigenvalue weighted by Crippen LogP contribution is -2.46. The Labute approximate surface area is 108 Å². The Morgan fingerprint density at radius 3 is 2.00 bits per heavy atom. The summed E-state index contributed by atoms with van der Waals surface area (Å²) < 4.78 is 0. The van der Waals surface area contributed by atoms with Gasteiger partial charge in [-0.15, -0.1) is 10.3 Å². The molecule has 0 amide bonds. The molecule has 0 saturated carbocycles. The molecule has 2 rings (SSSR count). The van der Waals surface area contributed by atoms with Gasteiger partial charge in [0.1, 0.15) is 5.54 Å². The zero-order valence-corrected chi connectivity index (χ0v) is 11.2. The number of hydrogen-bond acceptors (Lipinski definition) is 2. The normalized spacial score (nSPS) is 24.7. The highest BCUT2D eigenvalue weighted by Crippen LogP contribution is 2.41. The molecule has 0 bridgehead atoms. The van der Waals surface area contributed by atoms with Gasteiger partial charge in [0.2, 0.25) is 0 Å². The zero-order valence-electron chi connectivity index (χ0n) is 11.2. The van der Waals surface area contributed by atoms with Crippen LogP contribution in [0.1, 0.15) is 33.3 Å². The number of Topliss-reactive ketones (excluding diaryl/α,β-unsaturated/α-hetero) is 1. The van der Waals surface area contributed by atoms with E-state index in [4.69, 9.17) is 0 Å². The molecule has 0 spiro atoms. The minimum atomic E-state index is -0.982. The number of ketones is 1. The molecule has 1 aromatic carbocycles. The van der Waals surface area contributed by atoms with Gasteiger partial charge in [0.05, 0.1) is 5.54 Å². The predicted molar refractivity (Wildman–Crippen MR) is 70.1 cm³/mol. The van der Waals surface area contributed by atoms with Crippen LogP contribution in [0.25, 0.3) is 6.08 Å². The summed E-state index contributed by atoms with van der Waals surface area (Å²) in [6, 6.07) is 9.61. The molecule has 1 aliphatic rings. The molecule has 3 nitrogen and oxygen atoms in total. The van der Waals surface area contributed by atoms with Gasteiger partial charge in [-0.25, -0.2) is 0 Å². The standard InChI is InChI=1S/C15H18NO2/c1-14(2)12(10-11-8-6-5-7-9-11)13(17)15(3,4)16(14)18/h5-10H,1-4H3/b12-10+. The Hall–Kier alpha value is -1.45. The molecule has 0 unspecified atom stereocenters. The Balaban J connectivity index is 2.51. The molecule has 0 aliphatic carbocycles. The Morgan fingerprint density at radius 2 is 1.56 bits per heavy atom. The second kappa shape index (κ2) is 4.04. The first-order valence-electron chi connectivity index (χ1n) is 6.07. The summed E-state index contributed by atoms with van der Waals surface area (Å²) in [5.41, 5.74) is -0.241. The SMILES string of the molecule is CC1(C)C(=O)/C(=C\c2ccccc2)C(C)(C)N1[O]. The third kappa shape index (κ3) is 1.80. The average Bonchev–Trinajstić information content (AvgIpc) is 2.44. The van der Waals surface area contributed by atoms with Crippen LogP contribution in [0.3, 0.4) is 0 Å². The predicted octanol–water partition coefficient (Wildman–Crippen LogP) is 2.86. The third-order valence-corrected chi connectivity index (χ3v) is 3.59. The van der Waals surface area contributed by atoms with E-state index in [1.54, 1.807) is 27.7 Å². The van der Waals surface area contributed by atoms with Gasteiger partial charge in [-0.05, 0) is 39.3 Å². The minimum Gasteiger partial charge on any atom is -0.292 e. The van der Waals surface area contributed by atoms with Gasteiger partial charge in [0, 0.05) is 5.57 Å². The van der Waals surface area contributed by atoms with Crippen molar-refractivity contribution in [2.45, 2.75) is 38.8 Å². The molecule has 0 aromatic heterocycles. The first-order chi connectivity index (χ1) is 8.28.